The molecule has 7 heteroatoms. The van der Waals surface area contributed by atoms with Crippen molar-refractivity contribution < 1.29 is 13.2 Å². The highest BCUT2D eigenvalue weighted by atomic mass is 32.2. The van der Waals surface area contributed by atoms with Gasteiger partial charge in [-0.05, 0) is 37.1 Å². The van der Waals surface area contributed by atoms with E-state index in [1.165, 1.54) is 4.31 Å². The summed E-state index contributed by atoms with van der Waals surface area (Å²) < 4.78 is 31.6. The number of ether oxygens (including phenoxy) is 1. The lowest BCUT2D eigenvalue weighted by Crippen LogP contribution is -2.43. The van der Waals surface area contributed by atoms with Gasteiger partial charge >= 0.3 is 0 Å². The van der Waals surface area contributed by atoms with E-state index in [1.54, 1.807) is 31.4 Å². The van der Waals surface area contributed by atoms with Crippen LogP contribution in [0.4, 0.5) is 0 Å². The van der Waals surface area contributed by atoms with Crippen molar-refractivity contribution >= 4 is 27.2 Å². The van der Waals surface area contributed by atoms with Crippen molar-refractivity contribution in [1.82, 2.24) is 4.31 Å². The first-order valence-electron chi connectivity index (χ1n) is 6.38. The maximum absolute atomic E-state index is 12.6. The Morgan fingerprint density at radius 3 is 2.60 bits per heavy atom. The second-order valence-corrected chi connectivity index (χ2v) is 7.19. The lowest BCUT2D eigenvalue weighted by atomic mass is 10.0. The molecular weight excluding hydrogens is 296 g/mol. The van der Waals surface area contributed by atoms with Gasteiger partial charge in [0.15, 0.2) is 0 Å². The molecule has 0 aliphatic carbocycles. The van der Waals surface area contributed by atoms with Crippen LogP contribution in [0.3, 0.4) is 0 Å². The summed E-state index contributed by atoms with van der Waals surface area (Å²) in [6.45, 7) is 0.872. The van der Waals surface area contributed by atoms with Crippen LogP contribution < -0.4 is 10.5 Å². The fraction of sp³-hybridized carbons (Fsp3) is 0.462. The van der Waals surface area contributed by atoms with Crippen LogP contribution >= 0.6 is 12.2 Å². The Bertz CT molecular complexity index is 584. The molecule has 1 saturated heterocycles. The highest BCUT2D eigenvalue weighted by molar-refractivity contribution is 7.89. The standard InChI is InChI=1S/C13H18N2O3S2/c1-18-11-4-6-12(7-5-11)20(16,17)15-8-2-3-10(9-15)13(14)19/h4-7,10H,2-3,8-9H2,1H3,(H2,14,19). The van der Waals surface area contributed by atoms with Crippen LogP contribution in [0.25, 0.3) is 0 Å². The van der Waals surface area contributed by atoms with E-state index in [0.29, 0.717) is 23.8 Å². The molecule has 0 spiro atoms. The van der Waals surface area contributed by atoms with Crippen molar-refractivity contribution in [3.05, 3.63) is 24.3 Å². The number of hydrogen-bond acceptors (Lipinski definition) is 4. The molecule has 0 radical (unpaired) electrons. The summed E-state index contributed by atoms with van der Waals surface area (Å²) in [6, 6.07) is 6.39. The van der Waals surface area contributed by atoms with E-state index < -0.39 is 10.0 Å². The molecule has 1 aromatic carbocycles. The molecule has 2 N–H and O–H groups in total. The van der Waals surface area contributed by atoms with Gasteiger partial charge in [-0.2, -0.15) is 4.31 Å². The lowest BCUT2D eigenvalue weighted by Gasteiger charge is -2.31. The molecular formula is C13H18N2O3S2. The molecule has 110 valence electrons. The fourth-order valence-electron chi connectivity index (χ4n) is 2.29. The van der Waals surface area contributed by atoms with Crippen molar-refractivity contribution in [2.75, 3.05) is 20.2 Å². The number of benzene rings is 1. The van der Waals surface area contributed by atoms with Gasteiger partial charge in [0.1, 0.15) is 5.75 Å². The molecule has 1 unspecified atom stereocenters. The molecule has 0 aromatic heterocycles. The Morgan fingerprint density at radius 1 is 1.40 bits per heavy atom. The van der Waals surface area contributed by atoms with Gasteiger partial charge in [0.25, 0.3) is 0 Å². The molecule has 5 nitrogen and oxygen atoms in total. The van der Waals surface area contributed by atoms with Gasteiger partial charge in [-0.15, -0.1) is 0 Å². The first-order chi connectivity index (χ1) is 9.45. The second kappa shape index (κ2) is 6.07. The van der Waals surface area contributed by atoms with Crippen LogP contribution in [0.1, 0.15) is 12.8 Å². The molecule has 1 fully saturated rings. The summed E-state index contributed by atoms with van der Waals surface area (Å²) in [5.41, 5.74) is 5.64. The molecule has 1 atom stereocenters. The third-order valence-corrected chi connectivity index (χ3v) is 5.70. The SMILES string of the molecule is COc1ccc(S(=O)(=O)N2CCCC(C(N)=S)C2)cc1. The van der Waals surface area contributed by atoms with Crippen molar-refractivity contribution in [1.29, 1.82) is 0 Å². The zero-order chi connectivity index (χ0) is 14.8. The van der Waals surface area contributed by atoms with Gasteiger partial charge in [0, 0.05) is 19.0 Å². The summed E-state index contributed by atoms with van der Waals surface area (Å²) in [5, 5.41) is 0. The highest BCUT2D eigenvalue weighted by Gasteiger charge is 2.31. The minimum atomic E-state index is -3.49. The number of thiocarbonyl (C=S) groups is 1. The van der Waals surface area contributed by atoms with Crippen LogP contribution in [-0.2, 0) is 10.0 Å². The van der Waals surface area contributed by atoms with Gasteiger partial charge < -0.3 is 10.5 Å². The third-order valence-electron chi connectivity index (χ3n) is 3.48. The van der Waals surface area contributed by atoms with E-state index in [4.69, 9.17) is 22.7 Å². The zero-order valence-corrected chi connectivity index (χ0v) is 12.9. The number of methoxy groups -OCH3 is 1. The molecule has 1 aromatic rings. The van der Waals surface area contributed by atoms with E-state index in [-0.39, 0.29) is 10.8 Å². The van der Waals surface area contributed by atoms with Crippen molar-refractivity contribution in [3.63, 3.8) is 0 Å². The maximum Gasteiger partial charge on any atom is 0.243 e. The Morgan fingerprint density at radius 2 is 2.05 bits per heavy atom. The average Bonchev–Trinajstić information content (AvgIpc) is 2.47. The molecule has 20 heavy (non-hydrogen) atoms. The van der Waals surface area contributed by atoms with E-state index in [9.17, 15) is 8.42 Å². The van der Waals surface area contributed by atoms with E-state index in [0.717, 1.165) is 12.8 Å². The van der Waals surface area contributed by atoms with Crippen LogP contribution in [0.5, 0.6) is 5.75 Å². The number of nitrogens with zero attached hydrogens (tertiary/aromatic N) is 1. The Kier molecular flexibility index (Phi) is 4.62. The summed E-state index contributed by atoms with van der Waals surface area (Å²) in [7, 11) is -1.95. The summed E-state index contributed by atoms with van der Waals surface area (Å²) in [6.07, 6.45) is 1.63. The van der Waals surface area contributed by atoms with E-state index in [2.05, 4.69) is 0 Å². The Balaban J connectivity index is 2.22. The Labute approximate surface area is 124 Å². The van der Waals surface area contributed by atoms with Gasteiger partial charge in [-0.3, -0.25) is 0 Å². The molecule has 1 aliphatic heterocycles. The average molecular weight is 314 g/mol. The molecule has 1 aliphatic rings. The number of sulfonamides is 1. The predicted molar refractivity (Wildman–Crippen MR) is 81.3 cm³/mol. The molecule has 0 amide bonds. The normalized spacial score (nSPS) is 20.6. The minimum Gasteiger partial charge on any atom is -0.497 e. The van der Waals surface area contributed by atoms with Gasteiger partial charge in [-0.1, -0.05) is 12.2 Å². The summed E-state index contributed by atoms with van der Waals surface area (Å²) in [5.74, 6) is 0.593. The topological polar surface area (TPSA) is 72.6 Å². The second-order valence-electron chi connectivity index (χ2n) is 4.78. The number of rotatable bonds is 4. The summed E-state index contributed by atoms with van der Waals surface area (Å²) in [4.78, 5) is 0.654. The lowest BCUT2D eigenvalue weighted by molar-refractivity contribution is 0.312. The van der Waals surface area contributed by atoms with Crippen molar-refractivity contribution in [2.24, 2.45) is 11.7 Å². The van der Waals surface area contributed by atoms with Crippen LogP contribution in [0, 0.1) is 5.92 Å². The molecule has 1 heterocycles. The van der Waals surface area contributed by atoms with Gasteiger partial charge in [-0.25, -0.2) is 8.42 Å². The first kappa shape index (κ1) is 15.2. The predicted octanol–water partition coefficient (Wildman–Crippen LogP) is 1.38. The van der Waals surface area contributed by atoms with Crippen LogP contribution in [-0.4, -0.2) is 37.9 Å². The number of nitrogens with two attached hydrogens (primary N) is 1. The monoisotopic (exact) mass is 314 g/mol. The quantitative estimate of drug-likeness (QED) is 0.850. The maximum atomic E-state index is 12.6. The molecule has 0 bridgehead atoms. The van der Waals surface area contributed by atoms with E-state index >= 15 is 0 Å². The highest BCUT2D eigenvalue weighted by Crippen LogP contribution is 2.25. The first-order valence-corrected chi connectivity index (χ1v) is 8.23. The third kappa shape index (κ3) is 3.11. The van der Waals surface area contributed by atoms with Crippen LogP contribution in [0.2, 0.25) is 0 Å². The van der Waals surface area contributed by atoms with Crippen molar-refractivity contribution in [2.45, 2.75) is 17.7 Å². The summed E-state index contributed by atoms with van der Waals surface area (Å²) >= 11 is 4.98. The smallest absolute Gasteiger partial charge is 0.243 e. The van der Waals surface area contributed by atoms with Crippen molar-refractivity contribution in [3.8, 4) is 5.75 Å². The number of piperidine rings is 1. The number of hydrogen-bond donors (Lipinski definition) is 1. The largest absolute Gasteiger partial charge is 0.497 e. The zero-order valence-electron chi connectivity index (χ0n) is 11.3. The van der Waals surface area contributed by atoms with Gasteiger partial charge in [0.05, 0.1) is 17.0 Å². The van der Waals surface area contributed by atoms with Crippen LogP contribution in [0.15, 0.2) is 29.2 Å². The Hall–Kier alpha value is -1.18. The molecule has 2 rings (SSSR count). The molecule has 0 saturated carbocycles. The van der Waals surface area contributed by atoms with E-state index in [1.807, 2.05) is 0 Å². The fourth-order valence-corrected chi connectivity index (χ4v) is 4.01. The van der Waals surface area contributed by atoms with Gasteiger partial charge in [0.2, 0.25) is 10.0 Å². The minimum absolute atomic E-state index is 0.0354.